The SMILES string of the molecule is CC(=O)NC(Cc1ccc(-c2ccccc2)cc1)C(=O)O.Cl.NC(Cc1ccc(-c2ccccc2)cc1)C(=O)O. The van der Waals surface area contributed by atoms with Gasteiger partial charge in [-0.15, -0.1) is 12.4 Å². The third-order valence-corrected chi connectivity index (χ3v) is 6.01. The molecule has 4 aromatic rings. The van der Waals surface area contributed by atoms with Crippen molar-refractivity contribution in [3.05, 3.63) is 120 Å². The molecule has 0 saturated heterocycles. The number of carbonyl (C=O) groups excluding carboxylic acids is 1. The van der Waals surface area contributed by atoms with Crippen LogP contribution in [-0.2, 0) is 27.2 Å². The van der Waals surface area contributed by atoms with Crippen molar-refractivity contribution in [1.29, 1.82) is 0 Å². The molecule has 4 rings (SSSR count). The molecule has 0 radical (unpaired) electrons. The van der Waals surface area contributed by atoms with E-state index < -0.39 is 24.0 Å². The molecule has 0 aliphatic heterocycles. The monoisotopic (exact) mass is 560 g/mol. The van der Waals surface area contributed by atoms with Crippen LogP contribution in [0.25, 0.3) is 22.3 Å². The van der Waals surface area contributed by atoms with E-state index in [9.17, 15) is 14.4 Å². The third-order valence-electron chi connectivity index (χ3n) is 6.01. The fourth-order valence-corrected chi connectivity index (χ4v) is 3.95. The Kier molecular flexibility index (Phi) is 12.6. The van der Waals surface area contributed by atoms with Crippen LogP contribution in [0.1, 0.15) is 18.1 Å². The first-order valence-corrected chi connectivity index (χ1v) is 12.5. The molecule has 0 aliphatic carbocycles. The fraction of sp³-hybridized carbons (Fsp3) is 0.156. The highest BCUT2D eigenvalue weighted by Gasteiger charge is 2.18. The first-order valence-electron chi connectivity index (χ1n) is 12.5. The summed E-state index contributed by atoms with van der Waals surface area (Å²) in [5, 5.41) is 20.3. The van der Waals surface area contributed by atoms with Gasteiger partial charge in [-0.05, 0) is 39.8 Å². The second-order valence-electron chi connectivity index (χ2n) is 9.07. The van der Waals surface area contributed by atoms with Crippen LogP contribution in [0.15, 0.2) is 109 Å². The molecule has 0 aromatic heterocycles. The lowest BCUT2D eigenvalue weighted by Gasteiger charge is -2.13. The quantitative estimate of drug-likeness (QED) is 0.222. The Morgan fingerprint density at radius 3 is 1.35 bits per heavy atom. The number of nitrogens with two attached hydrogens (primary N) is 1. The molecule has 2 unspecified atom stereocenters. The topological polar surface area (TPSA) is 130 Å². The molecule has 4 aromatic carbocycles. The minimum Gasteiger partial charge on any atom is -0.480 e. The predicted octanol–water partition coefficient (Wildman–Crippen LogP) is 5.22. The van der Waals surface area contributed by atoms with Crippen LogP contribution >= 0.6 is 12.4 Å². The van der Waals surface area contributed by atoms with Crippen LogP contribution < -0.4 is 11.1 Å². The van der Waals surface area contributed by atoms with Gasteiger partial charge in [0.25, 0.3) is 0 Å². The molecule has 40 heavy (non-hydrogen) atoms. The van der Waals surface area contributed by atoms with Gasteiger partial charge in [0, 0.05) is 13.3 Å². The number of hydrogen-bond donors (Lipinski definition) is 4. The van der Waals surface area contributed by atoms with Crippen LogP contribution in [0.4, 0.5) is 0 Å². The lowest BCUT2D eigenvalue weighted by atomic mass is 10.0. The number of benzene rings is 4. The standard InChI is InChI=1S/C17H17NO3.C15H15NO2.ClH/c1-12(19)18-16(17(20)21)11-13-7-9-15(10-8-13)14-5-3-2-4-6-14;16-14(15(17)18)10-11-6-8-13(9-7-11)12-4-2-1-3-5-12;/h2-10,16H,11H2,1H3,(H,18,19)(H,20,21);1-9,14H,10,16H2,(H,17,18);1H. The minimum atomic E-state index is -1.03. The molecule has 0 fully saturated rings. The van der Waals surface area contributed by atoms with Crippen LogP contribution in [0.5, 0.6) is 0 Å². The van der Waals surface area contributed by atoms with Crippen molar-refractivity contribution in [2.45, 2.75) is 31.8 Å². The average Bonchev–Trinajstić information content (AvgIpc) is 2.94. The summed E-state index contributed by atoms with van der Waals surface area (Å²) in [5.74, 6) is -2.34. The molecule has 2 atom stereocenters. The van der Waals surface area contributed by atoms with Gasteiger partial charge in [-0.25, -0.2) is 4.79 Å². The van der Waals surface area contributed by atoms with E-state index in [-0.39, 0.29) is 24.7 Å². The van der Waals surface area contributed by atoms with E-state index in [2.05, 4.69) is 5.32 Å². The summed E-state index contributed by atoms with van der Waals surface area (Å²) in [6.45, 7) is 1.31. The van der Waals surface area contributed by atoms with Crippen molar-refractivity contribution >= 4 is 30.3 Å². The van der Waals surface area contributed by atoms with Crippen molar-refractivity contribution in [3.63, 3.8) is 0 Å². The van der Waals surface area contributed by atoms with E-state index in [1.54, 1.807) is 0 Å². The zero-order valence-electron chi connectivity index (χ0n) is 22.1. The largest absolute Gasteiger partial charge is 0.480 e. The molecule has 0 saturated carbocycles. The van der Waals surface area contributed by atoms with Crippen molar-refractivity contribution < 1.29 is 24.6 Å². The van der Waals surface area contributed by atoms with Gasteiger partial charge in [0.1, 0.15) is 12.1 Å². The number of nitrogens with one attached hydrogen (secondary N) is 1. The number of aliphatic carboxylic acids is 2. The number of carbonyl (C=O) groups is 3. The predicted molar refractivity (Wildman–Crippen MR) is 159 cm³/mol. The van der Waals surface area contributed by atoms with Gasteiger partial charge in [0.2, 0.25) is 5.91 Å². The minimum absolute atomic E-state index is 0. The van der Waals surface area contributed by atoms with Gasteiger partial charge in [-0.1, -0.05) is 109 Å². The summed E-state index contributed by atoms with van der Waals surface area (Å²) in [5.41, 5.74) is 11.7. The molecule has 0 spiro atoms. The van der Waals surface area contributed by atoms with E-state index in [1.807, 2.05) is 109 Å². The van der Waals surface area contributed by atoms with Crippen LogP contribution in [-0.4, -0.2) is 40.1 Å². The number of carboxylic acid groups (broad SMARTS) is 2. The lowest BCUT2D eigenvalue weighted by Crippen LogP contribution is -2.41. The van der Waals surface area contributed by atoms with Gasteiger partial charge in [0.15, 0.2) is 0 Å². The Morgan fingerprint density at radius 2 is 1.00 bits per heavy atom. The zero-order chi connectivity index (χ0) is 28.2. The van der Waals surface area contributed by atoms with Crippen molar-refractivity contribution in [2.24, 2.45) is 5.73 Å². The molecule has 8 heteroatoms. The van der Waals surface area contributed by atoms with Crippen LogP contribution in [0, 0.1) is 0 Å². The fourth-order valence-electron chi connectivity index (χ4n) is 3.95. The van der Waals surface area contributed by atoms with E-state index >= 15 is 0 Å². The van der Waals surface area contributed by atoms with Gasteiger partial charge >= 0.3 is 11.9 Å². The molecule has 1 amide bonds. The smallest absolute Gasteiger partial charge is 0.326 e. The van der Waals surface area contributed by atoms with Crippen LogP contribution in [0.2, 0.25) is 0 Å². The lowest BCUT2D eigenvalue weighted by molar-refractivity contribution is -0.141. The zero-order valence-corrected chi connectivity index (χ0v) is 22.9. The van der Waals surface area contributed by atoms with Gasteiger partial charge in [0.05, 0.1) is 0 Å². The number of amides is 1. The number of rotatable bonds is 9. The summed E-state index contributed by atoms with van der Waals surface area (Å²) < 4.78 is 0. The highest BCUT2D eigenvalue weighted by molar-refractivity contribution is 5.85. The summed E-state index contributed by atoms with van der Waals surface area (Å²) in [7, 11) is 0. The van der Waals surface area contributed by atoms with Crippen molar-refractivity contribution in [1.82, 2.24) is 5.32 Å². The Balaban J connectivity index is 0.000000276. The summed E-state index contributed by atoms with van der Waals surface area (Å²) in [6, 6.07) is 33.7. The third kappa shape index (κ3) is 10.0. The molecule has 5 N–H and O–H groups in total. The van der Waals surface area contributed by atoms with Crippen molar-refractivity contribution in [2.75, 3.05) is 0 Å². The van der Waals surface area contributed by atoms with E-state index in [1.165, 1.54) is 6.92 Å². The summed E-state index contributed by atoms with van der Waals surface area (Å²) in [4.78, 5) is 32.8. The van der Waals surface area contributed by atoms with Gasteiger partial charge in [-0.3, -0.25) is 9.59 Å². The molecule has 0 aliphatic rings. The van der Waals surface area contributed by atoms with Crippen molar-refractivity contribution in [3.8, 4) is 22.3 Å². The maximum Gasteiger partial charge on any atom is 0.326 e. The molecule has 7 nitrogen and oxygen atoms in total. The number of hydrogen-bond acceptors (Lipinski definition) is 4. The molecular formula is C32H33ClN2O5. The second-order valence-corrected chi connectivity index (χ2v) is 9.07. The Hall–Kier alpha value is -4.46. The van der Waals surface area contributed by atoms with E-state index in [4.69, 9.17) is 15.9 Å². The van der Waals surface area contributed by atoms with Crippen LogP contribution in [0.3, 0.4) is 0 Å². The second kappa shape index (κ2) is 15.8. The maximum atomic E-state index is 11.1. The maximum absolute atomic E-state index is 11.1. The van der Waals surface area contributed by atoms with E-state index in [0.29, 0.717) is 6.42 Å². The highest BCUT2D eigenvalue weighted by atomic mass is 35.5. The summed E-state index contributed by atoms with van der Waals surface area (Å²) >= 11 is 0. The normalized spacial score (nSPS) is 11.6. The molecule has 0 heterocycles. The Bertz CT molecular complexity index is 1360. The molecule has 208 valence electrons. The first-order chi connectivity index (χ1) is 18.7. The molecular weight excluding hydrogens is 528 g/mol. The van der Waals surface area contributed by atoms with Gasteiger partial charge < -0.3 is 21.3 Å². The van der Waals surface area contributed by atoms with Gasteiger partial charge in [-0.2, -0.15) is 0 Å². The Labute approximate surface area is 240 Å². The highest BCUT2D eigenvalue weighted by Crippen LogP contribution is 2.20. The first kappa shape index (κ1) is 31.8. The number of carboxylic acids is 2. The van der Waals surface area contributed by atoms with E-state index in [0.717, 1.165) is 33.4 Å². The number of halogens is 1. The summed E-state index contributed by atoms with van der Waals surface area (Å²) in [6.07, 6.45) is 0.619. The molecule has 0 bridgehead atoms. The average molecular weight is 561 g/mol. The Morgan fingerprint density at radius 1 is 0.625 bits per heavy atom.